The molecule has 0 fully saturated rings. The number of carbonyl (C=O) groups is 1. The van der Waals surface area contributed by atoms with Crippen molar-refractivity contribution < 1.29 is 10.0 Å². The summed E-state index contributed by atoms with van der Waals surface area (Å²) in [7, 11) is 0. The topological polar surface area (TPSA) is 101 Å². The quantitative estimate of drug-likeness (QED) is 0.313. The summed E-state index contributed by atoms with van der Waals surface area (Å²) < 4.78 is 0. The Bertz CT molecular complexity index is 430. The van der Waals surface area contributed by atoms with E-state index in [1.807, 2.05) is 13.8 Å². The summed E-state index contributed by atoms with van der Waals surface area (Å²) in [4.78, 5) is 17.0. The van der Waals surface area contributed by atoms with Crippen LogP contribution in [0.4, 0.5) is 0 Å². The van der Waals surface area contributed by atoms with Crippen LogP contribution in [0.15, 0.2) is 11.4 Å². The van der Waals surface area contributed by atoms with Crippen LogP contribution >= 0.6 is 11.3 Å². The number of nitrogens with zero attached hydrogens (tertiary/aromatic N) is 2. The maximum atomic E-state index is 11.9. The molecule has 1 amide bonds. The zero-order valence-electron chi connectivity index (χ0n) is 10.5. The number of amidine groups is 1. The molecule has 0 aliphatic rings. The van der Waals surface area contributed by atoms with Crippen LogP contribution in [0.1, 0.15) is 29.7 Å². The highest BCUT2D eigenvalue weighted by Crippen LogP contribution is 2.12. The van der Waals surface area contributed by atoms with Crippen LogP contribution in [0.5, 0.6) is 0 Å². The Hall–Kier alpha value is -1.63. The fraction of sp³-hybridized carbons (Fsp3) is 0.545. The summed E-state index contributed by atoms with van der Waals surface area (Å²) in [6.45, 7) is 4.27. The van der Waals surface area contributed by atoms with Gasteiger partial charge in [-0.2, -0.15) is 0 Å². The molecule has 1 aromatic heterocycles. The SMILES string of the molecule is CCCC(C(=O)NCc1cnc(C)s1)C(N)=NO. The second-order valence-electron chi connectivity index (χ2n) is 3.93. The second kappa shape index (κ2) is 6.95. The molecule has 100 valence electrons. The smallest absolute Gasteiger partial charge is 0.231 e. The average molecular weight is 270 g/mol. The van der Waals surface area contributed by atoms with Crippen molar-refractivity contribution in [2.24, 2.45) is 16.8 Å². The third-order valence-corrected chi connectivity index (χ3v) is 3.39. The van der Waals surface area contributed by atoms with E-state index in [1.54, 1.807) is 6.20 Å². The maximum absolute atomic E-state index is 11.9. The summed E-state index contributed by atoms with van der Waals surface area (Å²) in [5, 5.41) is 15.3. The van der Waals surface area contributed by atoms with E-state index in [4.69, 9.17) is 10.9 Å². The number of nitrogens with one attached hydrogen (secondary N) is 1. The van der Waals surface area contributed by atoms with Gasteiger partial charge >= 0.3 is 0 Å². The predicted octanol–water partition coefficient (Wildman–Crippen LogP) is 1.23. The van der Waals surface area contributed by atoms with Gasteiger partial charge in [-0.05, 0) is 13.3 Å². The molecule has 1 heterocycles. The number of rotatable bonds is 6. The number of hydrogen-bond acceptors (Lipinski definition) is 5. The van der Waals surface area contributed by atoms with Gasteiger partial charge < -0.3 is 16.3 Å². The lowest BCUT2D eigenvalue weighted by Gasteiger charge is -2.13. The summed E-state index contributed by atoms with van der Waals surface area (Å²) >= 11 is 1.53. The minimum atomic E-state index is -0.575. The highest BCUT2D eigenvalue weighted by atomic mass is 32.1. The van der Waals surface area contributed by atoms with Gasteiger partial charge in [0.25, 0.3) is 0 Å². The number of carbonyl (C=O) groups excluding carboxylic acids is 1. The van der Waals surface area contributed by atoms with Gasteiger partial charge in [0.1, 0.15) is 0 Å². The summed E-state index contributed by atoms with van der Waals surface area (Å²) in [6.07, 6.45) is 3.08. The standard InChI is InChI=1S/C11H18N4O2S/c1-3-4-9(10(12)15-17)11(16)14-6-8-5-13-7(2)18-8/h5,9,17H,3-4,6H2,1-2H3,(H2,12,15)(H,14,16). The van der Waals surface area contributed by atoms with Crippen LogP contribution in [-0.2, 0) is 11.3 Å². The van der Waals surface area contributed by atoms with E-state index >= 15 is 0 Å². The molecule has 1 rings (SSSR count). The molecule has 1 aromatic rings. The molecule has 0 bridgehead atoms. The summed E-state index contributed by atoms with van der Waals surface area (Å²) in [6, 6.07) is 0. The lowest BCUT2D eigenvalue weighted by Crippen LogP contribution is -2.38. The van der Waals surface area contributed by atoms with Crippen molar-refractivity contribution >= 4 is 23.1 Å². The molecule has 1 unspecified atom stereocenters. The molecule has 0 saturated carbocycles. The van der Waals surface area contributed by atoms with Crippen molar-refractivity contribution in [2.75, 3.05) is 0 Å². The maximum Gasteiger partial charge on any atom is 0.231 e. The van der Waals surface area contributed by atoms with Crippen LogP contribution in [0.3, 0.4) is 0 Å². The number of thiazole rings is 1. The molecule has 0 saturated heterocycles. The molecule has 7 heteroatoms. The van der Waals surface area contributed by atoms with Gasteiger partial charge in [0.15, 0.2) is 5.84 Å². The van der Waals surface area contributed by atoms with Gasteiger partial charge in [-0.25, -0.2) is 4.98 Å². The number of oxime groups is 1. The lowest BCUT2D eigenvalue weighted by molar-refractivity contribution is -0.123. The normalized spacial score (nSPS) is 13.3. The number of aryl methyl sites for hydroxylation is 1. The molecular weight excluding hydrogens is 252 g/mol. The lowest BCUT2D eigenvalue weighted by atomic mass is 10.0. The average Bonchev–Trinajstić information content (AvgIpc) is 2.78. The van der Waals surface area contributed by atoms with Crippen molar-refractivity contribution in [3.8, 4) is 0 Å². The Morgan fingerprint density at radius 2 is 2.44 bits per heavy atom. The van der Waals surface area contributed by atoms with E-state index in [2.05, 4.69) is 15.5 Å². The van der Waals surface area contributed by atoms with Gasteiger partial charge in [0, 0.05) is 11.1 Å². The third-order valence-electron chi connectivity index (χ3n) is 2.47. The first-order valence-corrected chi connectivity index (χ1v) is 6.56. The van der Waals surface area contributed by atoms with Gasteiger partial charge in [-0.3, -0.25) is 4.79 Å². The molecule has 0 radical (unpaired) electrons. The van der Waals surface area contributed by atoms with Crippen molar-refractivity contribution in [3.63, 3.8) is 0 Å². The fourth-order valence-corrected chi connectivity index (χ4v) is 2.29. The molecule has 6 nitrogen and oxygen atoms in total. The molecule has 1 atom stereocenters. The van der Waals surface area contributed by atoms with Crippen molar-refractivity contribution in [1.82, 2.24) is 10.3 Å². The Morgan fingerprint density at radius 3 is 2.94 bits per heavy atom. The van der Waals surface area contributed by atoms with E-state index in [9.17, 15) is 4.79 Å². The van der Waals surface area contributed by atoms with Crippen LogP contribution < -0.4 is 11.1 Å². The molecule has 0 aromatic carbocycles. The van der Waals surface area contributed by atoms with Crippen LogP contribution in [0.2, 0.25) is 0 Å². The zero-order valence-corrected chi connectivity index (χ0v) is 11.3. The number of amides is 1. The van der Waals surface area contributed by atoms with Crippen molar-refractivity contribution in [2.45, 2.75) is 33.2 Å². The van der Waals surface area contributed by atoms with E-state index < -0.39 is 5.92 Å². The predicted molar refractivity (Wildman–Crippen MR) is 70.5 cm³/mol. The fourth-order valence-electron chi connectivity index (χ4n) is 1.56. The molecule has 4 N–H and O–H groups in total. The van der Waals surface area contributed by atoms with E-state index in [-0.39, 0.29) is 11.7 Å². The minimum Gasteiger partial charge on any atom is -0.409 e. The van der Waals surface area contributed by atoms with Gasteiger partial charge in [-0.15, -0.1) is 11.3 Å². The largest absolute Gasteiger partial charge is 0.409 e. The van der Waals surface area contributed by atoms with E-state index in [1.165, 1.54) is 11.3 Å². The summed E-state index contributed by atoms with van der Waals surface area (Å²) in [5.41, 5.74) is 5.51. The first-order valence-electron chi connectivity index (χ1n) is 5.74. The number of nitrogens with two attached hydrogens (primary N) is 1. The highest BCUT2D eigenvalue weighted by molar-refractivity contribution is 7.11. The van der Waals surface area contributed by atoms with Crippen LogP contribution in [0.25, 0.3) is 0 Å². The first kappa shape index (κ1) is 14.4. The molecule has 18 heavy (non-hydrogen) atoms. The molecule has 0 aliphatic carbocycles. The number of aromatic nitrogens is 1. The van der Waals surface area contributed by atoms with Crippen molar-refractivity contribution in [1.29, 1.82) is 0 Å². The Balaban J connectivity index is 2.56. The van der Waals surface area contributed by atoms with Gasteiger partial charge in [-0.1, -0.05) is 18.5 Å². The third kappa shape index (κ3) is 3.99. The molecular formula is C11H18N4O2S. The Labute approximate surface area is 110 Å². The second-order valence-corrected chi connectivity index (χ2v) is 5.25. The monoisotopic (exact) mass is 270 g/mol. The molecule has 0 spiro atoms. The van der Waals surface area contributed by atoms with Crippen molar-refractivity contribution in [3.05, 3.63) is 16.1 Å². The highest BCUT2D eigenvalue weighted by Gasteiger charge is 2.22. The Morgan fingerprint density at radius 1 is 1.72 bits per heavy atom. The van der Waals surface area contributed by atoms with Crippen LogP contribution in [0, 0.1) is 12.8 Å². The van der Waals surface area contributed by atoms with E-state index in [0.717, 1.165) is 16.3 Å². The van der Waals surface area contributed by atoms with Gasteiger partial charge in [0.05, 0.1) is 17.5 Å². The summed E-state index contributed by atoms with van der Waals surface area (Å²) in [5.74, 6) is -0.845. The molecule has 0 aliphatic heterocycles. The zero-order chi connectivity index (χ0) is 13.5. The van der Waals surface area contributed by atoms with Crippen LogP contribution in [-0.4, -0.2) is 21.9 Å². The van der Waals surface area contributed by atoms with E-state index in [0.29, 0.717) is 13.0 Å². The number of hydrogen-bond donors (Lipinski definition) is 3. The minimum absolute atomic E-state index is 0.0464. The first-order chi connectivity index (χ1) is 8.58. The Kier molecular flexibility index (Phi) is 5.57. The van der Waals surface area contributed by atoms with Gasteiger partial charge in [0.2, 0.25) is 5.91 Å².